The Bertz CT molecular complexity index is 4560. The van der Waals surface area contributed by atoms with Crippen molar-refractivity contribution in [2.45, 2.75) is 0 Å². The zero-order chi connectivity index (χ0) is 54.5. The lowest BCUT2D eigenvalue weighted by atomic mass is 9.98. The van der Waals surface area contributed by atoms with Crippen molar-refractivity contribution < 1.29 is 0 Å². The molecule has 2 nitrogen and oxygen atoms in total. The van der Waals surface area contributed by atoms with Gasteiger partial charge in [-0.05, 0) is 113 Å². The Labute approximate surface area is 480 Å². The molecule has 0 fully saturated rings. The molecular formula is C78H56N2Si2. The zero-order valence-electron chi connectivity index (χ0n) is 45.2. The van der Waals surface area contributed by atoms with Gasteiger partial charge in [-0.25, -0.2) is 0 Å². The molecule has 386 valence electrons. The first-order valence-electron chi connectivity index (χ1n) is 28.4. The molecule has 2 aromatic heterocycles. The van der Waals surface area contributed by atoms with Crippen LogP contribution in [-0.2, 0) is 0 Å². The minimum Gasteiger partial charge on any atom is -0.309 e. The highest BCUT2D eigenvalue weighted by molar-refractivity contribution is 7.20. The van der Waals surface area contributed by atoms with E-state index in [2.05, 4.69) is 349 Å². The summed E-state index contributed by atoms with van der Waals surface area (Å²) in [7, 11) is -5.56. The Balaban J connectivity index is 0.959. The van der Waals surface area contributed by atoms with E-state index in [1.54, 1.807) is 0 Å². The molecule has 0 atom stereocenters. The summed E-state index contributed by atoms with van der Waals surface area (Å²) in [6.45, 7) is 0. The van der Waals surface area contributed by atoms with Crippen LogP contribution in [0.4, 0.5) is 0 Å². The van der Waals surface area contributed by atoms with Gasteiger partial charge in [0.05, 0.1) is 22.1 Å². The number of nitrogens with zero attached hydrogens (tertiary/aromatic N) is 2. The van der Waals surface area contributed by atoms with Gasteiger partial charge >= 0.3 is 0 Å². The number of aromatic nitrogens is 2. The van der Waals surface area contributed by atoms with Gasteiger partial charge in [-0.3, -0.25) is 0 Å². The maximum atomic E-state index is 2.50. The van der Waals surface area contributed by atoms with E-state index in [0.717, 1.165) is 22.4 Å². The topological polar surface area (TPSA) is 9.86 Å². The van der Waals surface area contributed by atoms with Gasteiger partial charge in [0, 0.05) is 38.5 Å². The highest BCUT2D eigenvalue weighted by Gasteiger charge is 2.43. The predicted octanol–water partition coefficient (Wildman–Crippen LogP) is 14.0. The molecule has 0 aliphatic carbocycles. The van der Waals surface area contributed by atoms with Gasteiger partial charge in [0.25, 0.3) is 0 Å². The van der Waals surface area contributed by atoms with Crippen LogP contribution in [0.15, 0.2) is 340 Å². The lowest BCUT2D eigenvalue weighted by Gasteiger charge is -2.34. The molecule has 0 saturated carbocycles. The van der Waals surface area contributed by atoms with Gasteiger partial charge in [0.1, 0.15) is 0 Å². The fraction of sp³-hybridized carbons (Fsp3) is 0. The van der Waals surface area contributed by atoms with Crippen molar-refractivity contribution in [1.82, 2.24) is 9.13 Å². The third kappa shape index (κ3) is 7.90. The Hall–Kier alpha value is -10.1. The van der Waals surface area contributed by atoms with Crippen LogP contribution in [0.3, 0.4) is 0 Å². The molecule has 0 aliphatic heterocycles. The molecule has 13 aromatic carbocycles. The first-order chi connectivity index (χ1) is 40.7. The van der Waals surface area contributed by atoms with Crippen LogP contribution < -0.4 is 41.5 Å². The third-order valence-electron chi connectivity index (χ3n) is 17.2. The van der Waals surface area contributed by atoms with Crippen LogP contribution >= 0.6 is 0 Å². The van der Waals surface area contributed by atoms with E-state index in [-0.39, 0.29) is 0 Å². The zero-order valence-corrected chi connectivity index (χ0v) is 47.2. The number of fused-ring (bicyclic) bond motifs is 6. The average Bonchev–Trinajstić information content (AvgIpc) is 4.24. The highest BCUT2D eigenvalue weighted by Crippen LogP contribution is 2.41. The minimum atomic E-state index is -2.80. The lowest BCUT2D eigenvalue weighted by molar-refractivity contribution is 1.18. The number of hydrogen-bond acceptors (Lipinski definition) is 0. The molecule has 4 heteroatoms. The maximum absolute atomic E-state index is 2.80. The van der Waals surface area contributed by atoms with Crippen molar-refractivity contribution in [1.29, 1.82) is 0 Å². The van der Waals surface area contributed by atoms with Crippen molar-refractivity contribution in [3.05, 3.63) is 340 Å². The third-order valence-corrected chi connectivity index (χ3v) is 26.8. The van der Waals surface area contributed by atoms with Crippen molar-refractivity contribution in [2.75, 3.05) is 0 Å². The van der Waals surface area contributed by atoms with Crippen LogP contribution in [0, 0.1) is 0 Å². The summed E-state index contributed by atoms with van der Waals surface area (Å²) in [4.78, 5) is 0. The second kappa shape index (κ2) is 20.5. The molecular weight excluding hydrogens is 1020 g/mol. The molecule has 82 heavy (non-hydrogen) atoms. The Morgan fingerprint density at radius 2 is 0.549 bits per heavy atom. The molecule has 0 unspecified atom stereocenters. The summed E-state index contributed by atoms with van der Waals surface area (Å²) in [5.74, 6) is 0. The van der Waals surface area contributed by atoms with Crippen molar-refractivity contribution in [2.24, 2.45) is 0 Å². The van der Waals surface area contributed by atoms with E-state index < -0.39 is 16.1 Å². The van der Waals surface area contributed by atoms with E-state index in [1.165, 1.54) is 96.3 Å². The maximum Gasteiger partial charge on any atom is 0.179 e. The summed E-state index contributed by atoms with van der Waals surface area (Å²) in [5.41, 5.74) is 11.7. The van der Waals surface area contributed by atoms with E-state index in [4.69, 9.17) is 0 Å². The minimum absolute atomic E-state index is 1.12. The molecule has 0 spiro atoms. The number of benzene rings is 13. The average molecular weight is 1080 g/mol. The first-order valence-corrected chi connectivity index (χ1v) is 32.4. The van der Waals surface area contributed by atoms with Gasteiger partial charge in [-0.15, -0.1) is 0 Å². The summed E-state index contributed by atoms with van der Waals surface area (Å²) in [6, 6.07) is 127. The molecule has 15 rings (SSSR count). The van der Waals surface area contributed by atoms with Crippen molar-refractivity contribution in [3.63, 3.8) is 0 Å². The van der Waals surface area contributed by atoms with Crippen LogP contribution in [0.2, 0.25) is 0 Å². The summed E-state index contributed by atoms with van der Waals surface area (Å²) < 4.78 is 4.95. The number of para-hydroxylation sites is 3. The Morgan fingerprint density at radius 3 is 1.06 bits per heavy atom. The molecule has 15 aromatic rings. The first kappa shape index (κ1) is 49.0. The molecule has 0 radical (unpaired) electrons. The SMILES string of the molecule is c1ccc(-n2c3ccccc3c3cccc(-c4ccc5c(c4)c4cc(-c6cccc([Si](c7ccccc7)(c7ccccc7)c7ccccc7)c6)ccc4n5-c4ccc([Si](c5ccccc5)(c5ccccc5)c5ccccc5)cc4)c32)cc1. The van der Waals surface area contributed by atoms with Crippen LogP contribution in [0.25, 0.3) is 77.2 Å². The molecule has 0 bridgehead atoms. The van der Waals surface area contributed by atoms with Crippen LogP contribution in [0.1, 0.15) is 0 Å². The predicted molar refractivity (Wildman–Crippen MR) is 353 cm³/mol. The van der Waals surface area contributed by atoms with E-state index in [1.807, 2.05) is 0 Å². The molecule has 0 amide bonds. The largest absolute Gasteiger partial charge is 0.309 e. The standard InChI is InChI=1S/C78H56N2Si2/c1-8-27-60(28-9-1)80-75-45-23-22-42-71(75)72-44-25-43-70(78(72)80)59-47-53-77-74(56-59)73-55-58(57-26-24-41-69(54-57)82(65-35-16-5-17-36-65,66-37-18-6-19-38-66)67-39-20-7-21-40-67)46-52-76(73)79(77)61-48-50-68(51-49-61)81(62-29-10-2-11-30-62,63-31-12-3-13-32-63)64-33-14-4-15-34-64/h1-56H. The van der Waals surface area contributed by atoms with Gasteiger partial charge in [0.15, 0.2) is 16.1 Å². The lowest BCUT2D eigenvalue weighted by Crippen LogP contribution is -2.74. The van der Waals surface area contributed by atoms with Crippen LogP contribution in [0.5, 0.6) is 0 Å². The van der Waals surface area contributed by atoms with Gasteiger partial charge < -0.3 is 9.13 Å². The second-order valence-electron chi connectivity index (χ2n) is 21.5. The smallest absolute Gasteiger partial charge is 0.179 e. The van der Waals surface area contributed by atoms with E-state index in [0.29, 0.717) is 0 Å². The monoisotopic (exact) mass is 1080 g/mol. The molecule has 2 heterocycles. The summed E-state index contributed by atoms with van der Waals surface area (Å²) >= 11 is 0. The van der Waals surface area contributed by atoms with E-state index in [9.17, 15) is 0 Å². The molecule has 0 aliphatic rings. The summed E-state index contributed by atoms with van der Waals surface area (Å²) in [6.07, 6.45) is 0. The molecule has 0 N–H and O–H groups in total. The quantitative estimate of drug-likeness (QED) is 0.0852. The second-order valence-corrected chi connectivity index (χ2v) is 29.1. The summed E-state index contributed by atoms with van der Waals surface area (Å²) in [5, 5.41) is 15.7. The fourth-order valence-electron chi connectivity index (χ4n) is 13.7. The number of rotatable bonds is 12. The number of hydrogen-bond donors (Lipinski definition) is 0. The highest BCUT2D eigenvalue weighted by atomic mass is 28.3. The van der Waals surface area contributed by atoms with Crippen molar-refractivity contribution in [3.8, 4) is 33.6 Å². The molecule has 0 saturated heterocycles. The van der Waals surface area contributed by atoms with Gasteiger partial charge in [-0.1, -0.05) is 285 Å². The van der Waals surface area contributed by atoms with E-state index >= 15 is 0 Å². The Kier molecular flexibility index (Phi) is 12.3. The van der Waals surface area contributed by atoms with Crippen molar-refractivity contribution >= 4 is 101 Å². The van der Waals surface area contributed by atoms with Gasteiger partial charge in [-0.2, -0.15) is 0 Å². The Morgan fingerprint density at radius 1 is 0.195 bits per heavy atom. The van der Waals surface area contributed by atoms with Crippen LogP contribution in [-0.4, -0.2) is 25.3 Å². The normalized spacial score (nSPS) is 11.9. The fourth-order valence-corrected chi connectivity index (χ4v) is 23.2. The van der Waals surface area contributed by atoms with Gasteiger partial charge in [0.2, 0.25) is 0 Å².